The number of carboxylic acid groups (broad SMARTS) is 1. The SMILES string of the molecule is CCCC1CC2=CC(=O)C=C[C@]2(C)[C@H]2CC[C@@]3(C)[C@@H](CC[C@]3(O)CCC(=O)[O-])[C@H]12.[K+]. The molecule has 0 aromatic heterocycles. The number of fused-ring (bicyclic) bond motifs is 5. The summed E-state index contributed by atoms with van der Waals surface area (Å²) in [5, 5.41) is 22.7. The molecule has 0 aliphatic heterocycles. The van der Waals surface area contributed by atoms with Gasteiger partial charge in [-0.1, -0.05) is 45.3 Å². The molecule has 4 rings (SSSR count). The fourth-order valence-electron chi connectivity index (χ4n) is 7.85. The van der Waals surface area contributed by atoms with Crippen molar-refractivity contribution in [3.63, 3.8) is 0 Å². The van der Waals surface area contributed by atoms with Gasteiger partial charge in [0.2, 0.25) is 0 Å². The number of hydrogen-bond acceptors (Lipinski definition) is 4. The number of aliphatic hydroxyl groups is 1. The first-order valence-electron chi connectivity index (χ1n) is 11.5. The van der Waals surface area contributed by atoms with Crippen LogP contribution in [0.5, 0.6) is 0 Å². The molecular formula is C25H35KO4. The van der Waals surface area contributed by atoms with Gasteiger partial charge in [-0.05, 0) is 86.2 Å². The summed E-state index contributed by atoms with van der Waals surface area (Å²) in [4.78, 5) is 23.2. The Morgan fingerprint density at radius 1 is 1.23 bits per heavy atom. The first kappa shape index (κ1) is 24.9. The molecule has 4 aliphatic rings. The second kappa shape index (κ2) is 8.87. The molecule has 1 N–H and O–H groups in total. The van der Waals surface area contributed by atoms with Crippen LogP contribution in [0.2, 0.25) is 0 Å². The molecule has 0 spiro atoms. The van der Waals surface area contributed by atoms with E-state index < -0.39 is 11.6 Å². The third-order valence-corrected chi connectivity index (χ3v) is 9.46. The zero-order valence-electron chi connectivity index (χ0n) is 19.1. The van der Waals surface area contributed by atoms with E-state index in [2.05, 4.69) is 26.8 Å². The number of rotatable bonds is 5. The van der Waals surface area contributed by atoms with Crippen molar-refractivity contribution < 1.29 is 71.2 Å². The number of carbonyl (C=O) groups excluding carboxylic acids is 2. The van der Waals surface area contributed by atoms with Crippen molar-refractivity contribution in [2.75, 3.05) is 0 Å². The number of ketones is 1. The molecule has 4 aliphatic carbocycles. The second-order valence-corrected chi connectivity index (χ2v) is 10.6. The molecule has 0 bridgehead atoms. The first-order chi connectivity index (χ1) is 13.6. The number of allylic oxidation sites excluding steroid dienone is 4. The predicted molar refractivity (Wildman–Crippen MR) is 110 cm³/mol. The average Bonchev–Trinajstić information content (AvgIpc) is 2.93. The van der Waals surface area contributed by atoms with E-state index in [1.807, 2.05) is 6.08 Å². The van der Waals surface area contributed by atoms with Crippen molar-refractivity contribution in [1.82, 2.24) is 0 Å². The number of hydrogen-bond donors (Lipinski definition) is 1. The van der Waals surface area contributed by atoms with Crippen molar-refractivity contribution in [1.29, 1.82) is 0 Å². The standard InChI is InChI=1S/C25H36O4.K/c1-4-5-16-14-17-15-18(26)6-10-23(17,2)19-7-11-24(3)20(22(16)19)8-12-25(24,29)13-9-21(27)28;/h6,10,15-16,19-20,22,29H,4-5,7-9,11-14H2,1-3H3,(H,27,28);/q;+1/p-1/t16?,19-,20-,22+,23-,24-,25-;/m0./s1. The van der Waals surface area contributed by atoms with Crippen LogP contribution in [0.25, 0.3) is 0 Å². The van der Waals surface area contributed by atoms with Crippen LogP contribution >= 0.6 is 0 Å². The van der Waals surface area contributed by atoms with Crippen molar-refractivity contribution in [3.05, 3.63) is 23.8 Å². The van der Waals surface area contributed by atoms with Gasteiger partial charge in [-0.3, -0.25) is 4.79 Å². The van der Waals surface area contributed by atoms with E-state index in [4.69, 9.17) is 0 Å². The zero-order chi connectivity index (χ0) is 21.0. The third kappa shape index (κ3) is 3.79. The molecule has 3 saturated carbocycles. The van der Waals surface area contributed by atoms with E-state index in [0.29, 0.717) is 36.5 Å². The molecule has 3 fully saturated rings. The van der Waals surface area contributed by atoms with Crippen LogP contribution in [0.4, 0.5) is 0 Å². The van der Waals surface area contributed by atoms with E-state index in [1.54, 1.807) is 6.08 Å². The Morgan fingerprint density at radius 3 is 2.60 bits per heavy atom. The van der Waals surface area contributed by atoms with E-state index >= 15 is 0 Å². The normalized spacial score (nSPS) is 44.4. The van der Waals surface area contributed by atoms with Gasteiger partial charge in [0.05, 0.1) is 5.60 Å². The minimum absolute atomic E-state index is 0. The smallest absolute Gasteiger partial charge is 0.550 e. The number of carboxylic acids is 1. The Bertz CT molecular complexity index is 773. The van der Waals surface area contributed by atoms with Gasteiger partial charge >= 0.3 is 51.4 Å². The van der Waals surface area contributed by atoms with E-state index in [0.717, 1.165) is 38.5 Å². The quantitative estimate of drug-likeness (QED) is 0.637. The molecule has 30 heavy (non-hydrogen) atoms. The van der Waals surface area contributed by atoms with Crippen molar-refractivity contribution in [3.8, 4) is 0 Å². The molecule has 4 nitrogen and oxygen atoms in total. The largest absolute Gasteiger partial charge is 1.00 e. The maximum absolute atomic E-state index is 12.1. The summed E-state index contributed by atoms with van der Waals surface area (Å²) in [6.07, 6.45) is 12.9. The molecule has 0 amide bonds. The van der Waals surface area contributed by atoms with Gasteiger partial charge < -0.3 is 15.0 Å². The summed E-state index contributed by atoms with van der Waals surface area (Å²) >= 11 is 0. The van der Waals surface area contributed by atoms with Crippen LogP contribution in [0.15, 0.2) is 23.8 Å². The second-order valence-electron chi connectivity index (χ2n) is 10.6. The Kier molecular flexibility index (Phi) is 7.35. The average molecular weight is 439 g/mol. The summed E-state index contributed by atoms with van der Waals surface area (Å²) < 4.78 is 0. The number of aliphatic carboxylic acids is 1. The Labute approximate surface area is 223 Å². The topological polar surface area (TPSA) is 77.4 Å². The van der Waals surface area contributed by atoms with E-state index in [9.17, 15) is 19.8 Å². The summed E-state index contributed by atoms with van der Waals surface area (Å²) in [7, 11) is 0. The van der Waals surface area contributed by atoms with Gasteiger partial charge in [0, 0.05) is 11.4 Å². The fraction of sp³-hybridized carbons (Fsp3) is 0.760. The fourth-order valence-corrected chi connectivity index (χ4v) is 7.85. The van der Waals surface area contributed by atoms with Crippen LogP contribution in [-0.4, -0.2) is 22.5 Å². The minimum Gasteiger partial charge on any atom is -0.550 e. The van der Waals surface area contributed by atoms with Crippen LogP contribution in [0.3, 0.4) is 0 Å². The van der Waals surface area contributed by atoms with E-state index in [1.165, 1.54) is 5.57 Å². The molecule has 0 radical (unpaired) electrons. The zero-order valence-corrected chi connectivity index (χ0v) is 22.2. The minimum atomic E-state index is -1.07. The molecule has 0 saturated heterocycles. The first-order valence-corrected chi connectivity index (χ1v) is 11.5. The summed E-state index contributed by atoms with van der Waals surface area (Å²) in [6, 6.07) is 0. The molecule has 5 heteroatoms. The third-order valence-electron chi connectivity index (χ3n) is 9.46. The summed E-state index contributed by atoms with van der Waals surface area (Å²) in [5.41, 5.74) is 0.102. The van der Waals surface area contributed by atoms with Crippen LogP contribution in [0, 0.1) is 34.5 Å². The number of carbonyl (C=O) groups is 2. The van der Waals surface area contributed by atoms with Crippen molar-refractivity contribution in [2.24, 2.45) is 34.5 Å². The van der Waals surface area contributed by atoms with Gasteiger partial charge in [-0.15, -0.1) is 0 Å². The molecule has 0 aromatic rings. The van der Waals surface area contributed by atoms with Gasteiger partial charge in [0.15, 0.2) is 5.78 Å². The van der Waals surface area contributed by atoms with Crippen LogP contribution in [0.1, 0.15) is 78.6 Å². The van der Waals surface area contributed by atoms with Gasteiger partial charge in [-0.2, -0.15) is 0 Å². The molecule has 160 valence electrons. The van der Waals surface area contributed by atoms with Crippen LogP contribution in [-0.2, 0) is 9.59 Å². The van der Waals surface area contributed by atoms with E-state index in [-0.39, 0.29) is 74.4 Å². The van der Waals surface area contributed by atoms with Gasteiger partial charge in [-0.25, -0.2) is 0 Å². The van der Waals surface area contributed by atoms with Crippen LogP contribution < -0.4 is 56.5 Å². The Hall–Kier alpha value is 0.216. The van der Waals surface area contributed by atoms with Crippen molar-refractivity contribution in [2.45, 2.75) is 84.2 Å². The summed E-state index contributed by atoms with van der Waals surface area (Å²) in [5.74, 6) is 1.01. The Morgan fingerprint density at radius 2 is 1.93 bits per heavy atom. The molecule has 0 heterocycles. The molecule has 0 aromatic carbocycles. The predicted octanol–water partition coefficient (Wildman–Crippen LogP) is 0.586. The van der Waals surface area contributed by atoms with Gasteiger partial charge in [0.25, 0.3) is 0 Å². The van der Waals surface area contributed by atoms with Gasteiger partial charge in [0.1, 0.15) is 0 Å². The summed E-state index contributed by atoms with van der Waals surface area (Å²) in [6.45, 7) is 6.75. The van der Waals surface area contributed by atoms with Crippen molar-refractivity contribution >= 4 is 11.8 Å². The Balaban J connectivity index is 0.00000256. The molecule has 1 unspecified atom stereocenters. The monoisotopic (exact) mass is 438 g/mol. The maximum atomic E-state index is 12.1. The molecular weight excluding hydrogens is 403 g/mol. The maximum Gasteiger partial charge on any atom is 1.00 e. The molecule has 7 atom stereocenters.